The zero-order chi connectivity index (χ0) is 19.4. The first-order chi connectivity index (χ1) is 13.0. The number of likely N-dealkylation sites (N-methyl/N-ethyl adjacent to an activating group) is 2. The van der Waals surface area contributed by atoms with Gasteiger partial charge < -0.3 is 9.64 Å². The average Bonchev–Trinajstić information content (AvgIpc) is 2.70. The third kappa shape index (κ3) is 3.93. The van der Waals surface area contributed by atoms with E-state index >= 15 is 0 Å². The van der Waals surface area contributed by atoms with E-state index in [4.69, 9.17) is 4.74 Å². The third-order valence-electron chi connectivity index (χ3n) is 4.98. The maximum Gasteiger partial charge on any atom is 0.330 e. The SMILES string of the molecule is COC(=O)[C@H]1[C@@H](C=C(c2ccccc2)c2ccccc2)N(C)CC(=O)N1C. The lowest BCUT2D eigenvalue weighted by molar-refractivity contribution is -0.158. The Balaban J connectivity index is 2.12. The van der Waals surface area contributed by atoms with E-state index in [0.717, 1.165) is 16.7 Å². The number of hydrogen-bond acceptors (Lipinski definition) is 4. The predicted molar refractivity (Wildman–Crippen MR) is 105 cm³/mol. The molecule has 2 aromatic carbocycles. The van der Waals surface area contributed by atoms with Crippen LogP contribution >= 0.6 is 0 Å². The summed E-state index contributed by atoms with van der Waals surface area (Å²) in [5, 5.41) is 0. The molecule has 0 saturated carbocycles. The fourth-order valence-electron chi connectivity index (χ4n) is 3.46. The van der Waals surface area contributed by atoms with E-state index in [0.29, 0.717) is 0 Å². The monoisotopic (exact) mass is 364 g/mol. The zero-order valence-electron chi connectivity index (χ0n) is 15.8. The Hall–Kier alpha value is -2.92. The maximum atomic E-state index is 12.5. The summed E-state index contributed by atoms with van der Waals surface area (Å²) in [6.45, 7) is 0.252. The minimum atomic E-state index is -0.691. The van der Waals surface area contributed by atoms with Crippen molar-refractivity contribution in [2.45, 2.75) is 12.1 Å². The first kappa shape index (κ1) is 18.9. The molecule has 1 aliphatic rings. The van der Waals surface area contributed by atoms with E-state index in [-0.39, 0.29) is 18.5 Å². The first-order valence-electron chi connectivity index (χ1n) is 8.89. The van der Waals surface area contributed by atoms with Crippen molar-refractivity contribution in [1.82, 2.24) is 9.80 Å². The van der Waals surface area contributed by atoms with Crippen LogP contribution in [0.25, 0.3) is 5.57 Å². The van der Waals surface area contributed by atoms with Crippen LogP contribution in [0.4, 0.5) is 0 Å². The van der Waals surface area contributed by atoms with Gasteiger partial charge >= 0.3 is 5.97 Å². The van der Waals surface area contributed by atoms with Gasteiger partial charge in [0, 0.05) is 7.05 Å². The largest absolute Gasteiger partial charge is 0.467 e. The van der Waals surface area contributed by atoms with Gasteiger partial charge in [-0.15, -0.1) is 0 Å². The summed E-state index contributed by atoms with van der Waals surface area (Å²) >= 11 is 0. The van der Waals surface area contributed by atoms with Crippen LogP contribution in [-0.4, -0.2) is 61.5 Å². The molecule has 0 aromatic heterocycles. The van der Waals surface area contributed by atoms with Crippen molar-refractivity contribution in [2.75, 3.05) is 27.7 Å². The molecule has 0 spiro atoms. The summed E-state index contributed by atoms with van der Waals surface area (Å²) in [7, 11) is 4.86. The van der Waals surface area contributed by atoms with Crippen molar-refractivity contribution in [3.8, 4) is 0 Å². The molecule has 2 aromatic rings. The second-order valence-corrected chi connectivity index (χ2v) is 6.69. The third-order valence-corrected chi connectivity index (χ3v) is 4.98. The standard InChI is InChI=1S/C22H24N2O3/c1-23-15-20(25)24(2)21(22(26)27-3)19(23)14-18(16-10-6-4-7-11-16)17-12-8-5-9-13-17/h4-14,19,21H,15H2,1-3H3/t19-,21-/m1/s1. The predicted octanol–water partition coefficient (Wildman–Crippen LogP) is 2.43. The lowest BCUT2D eigenvalue weighted by Crippen LogP contribution is -2.62. The highest BCUT2D eigenvalue weighted by Crippen LogP contribution is 2.27. The Labute approximate surface area is 159 Å². The van der Waals surface area contributed by atoms with E-state index < -0.39 is 12.0 Å². The second kappa shape index (κ2) is 8.18. The van der Waals surface area contributed by atoms with Crippen LogP contribution in [0, 0.1) is 0 Å². The number of rotatable bonds is 4. The van der Waals surface area contributed by atoms with Gasteiger partial charge in [0.05, 0.1) is 19.7 Å². The highest BCUT2D eigenvalue weighted by molar-refractivity contribution is 5.89. The number of piperazine rings is 1. The molecule has 1 heterocycles. The van der Waals surface area contributed by atoms with Crippen LogP contribution in [0.15, 0.2) is 66.7 Å². The first-order valence-corrected chi connectivity index (χ1v) is 8.89. The fraction of sp³-hybridized carbons (Fsp3) is 0.273. The van der Waals surface area contributed by atoms with Gasteiger partial charge in [0.25, 0.3) is 0 Å². The summed E-state index contributed by atoms with van der Waals surface area (Å²) in [5.41, 5.74) is 3.13. The molecule has 1 aliphatic heterocycles. The van der Waals surface area contributed by atoms with Crippen LogP contribution in [0.5, 0.6) is 0 Å². The summed E-state index contributed by atoms with van der Waals surface area (Å²) in [6, 6.07) is 19.1. The Morgan fingerprint density at radius 3 is 2.00 bits per heavy atom. The van der Waals surface area contributed by atoms with E-state index in [9.17, 15) is 9.59 Å². The molecule has 1 fully saturated rings. The molecule has 140 valence electrons. The molecule has 2 atom stereocenters. The molecule has 5 nitrogen and oxygen atoms in total. The van der Waals surface area contributed by atoms with E-state index in [1.165, 1.54) is 12.0 Å². The molecule has 0 unspecified atom stereocenters. The molecule has 0 bridgehead atoms. The minimum absolute atomic E-state index is 0.0986. The number of carbonyl (C=O) groups is 2. The van der Waals surface area contributed by atoms with Crippen LogP contribution < -0.4 is 0 Å². The van der Waals surface area contributed by atoms with Crippen molar-refractivity contribution >= 4 is 17.4 Å². The number of methoxy groups -OCH3 is 1. The van der Waals surface area contributed by atoms with Crippen molar-refractivity contribution in [3.63, 3.8) is 0 Å². The number of benzene rings is 2. The topological polar surface area (TPSA) is 49.9 Å². The van der Waals surface area contributed by atoms with Gasteiger partial charge in [-0.25, -0.2) is 4.79 Å². The smallest absolute Gasteiger partial charge is 0.330 e. The molecule has 0 N–H and O–H groups in total. The van der Waals surface area contributed by atoms with Crippen molar-refractivity contribution < 1.29 is 14.3 Å². The molecule has 3 rings (SSSR count). The van der Waals surface area contributed by atoms with Gasteiger partial charge in [-0.05, 0) is 23.7 Å². The summed E-state index contributed by atoms with van der Waals surface area (Å²) < 4.78 is 4.99. The van der Waals surface area contributed by atoms with Gasteiger partial charge in [-0.3, -0.25) is 9.69 Å². The van der Waals surface area contributed by atoms with Crippen LogP contribution in [0.3, 0.4) is 0 Å². The minimum Gasteiger partial charge on any atom is -0.467 e. The Kier molecular flexibility index (Phi) is 5.72. The number of carbonyl (C=O) groups excluding carboxylic acids is 2. The number of ether oxygens (including phenoxy) is 1. The molecule has 5 heteroatoms. The van der Waals surface area contributed by atoms with E-state index in [1.807, 2.05) is 72.6 Å². The Morgan fingerprint density at radius 1 is 1.00 bits per heavy atom. The highest BCUT2D eigenvalue weighted by atomic mass is 16.5. The molecular formula is C22H24N2O3. The Bertz CT molecular complexity index is 792. The molecular weight excluding hydrogens is 340 g/mol. The van der Waals surface area contributed by atoms with Crippen LogP contribution in [0.2, 0.25) is 0 Å². The lowest BCUT2D eigenvalue weighted by atomic mass is 9.92. The van der Waals surface area contributed by atoms with Crippen molar-refractivity contribution in [2.24, 2.45) is 0 Å². The average molecular weight is 364 g/mol. The van der Waals surface area contributed by atoms with Gasteiger partial charge in [-0.1, -0.05) is 66.7 Å². The summed E-state index contributed by atoms with van der Waals surface area (Å²) in [4.78, 5) is 28.1. The quantitative estimate of drug-likeness (QED) is 0.782. The zero-order valence-corrected chi connectivity index (χ0v) is 15.8. The van der Waals surface area contributed by atoms with Gasteiger partial charge in [0.2, 0.25) is 5.91 Å². The van der Waals surface area contributed by atoms with Gasteiger partial charge in [0.15, 0.2) is 0 Å². The molecule has 27 heavy (non-hydrogen) atoms. The van der Waals surface area contributed by atoms with E-state index in [2.05, 4.69) is 6.08 Å². The number of nitrogens with zero attached hydrogens (tertiary/aromatic N) is 2. The number of hydrogen-bond donors (Lipinski definition) is 0. The normalized spacial score (nSPS) is 20.3. The Morgan fingerprint density at radius 2 is 1.52 bits per heavy atom. The molecule has 0 radical (unpaired) electrons. The van der Waals surface area contributed by atoms with Crippen LogP contribution in [0.1, 0.15) is 11.1 Å². The van der Waals surface area contributed by atoms with Crippen molar-refractivity contribution in [1.29, 1.82) is 0 Å². The van der Waals surface area contributed by atoms with E-state index in [1.54, 1.807) is 7.05 Å². The van der Waals surface area contributed by atoms with Crippen molar-refractivity contribution in [3.05, 3.63) is 77.9 Å². The molecule has 1 amide bonds. The molecule has 1 saturated heterocycles. The van der Waals surface area contributed by atoms with Gasteiger partial charge in [0.1, 0.15) is 6.04 Å². The highest BCUT2D eigenvalue weighted by Gasteiger charge is 2.41. The number of esters is 1. The number of amides is 1. The summed E-state index contributed by atoms with van der Waals surface area (Å²) in [6.07, 6.45) is 2.06. The lowest BCUT2D eigenvalue weighted by Gasteiger charge is -2.41. The van der Waals surface area contributed by atoms with Crippen LogP contribution in [-0.2, 0) is 14.3 Å². The maximum absolute atomic E-state index is 12.5. The summed E-state index contributed by atoms with van der Waals surface area (Å²) in [5.74, 6) is -0.516. The second-order valence-electron chi connectivity index (χ2n) is 6.69. The fourth-order valence-corrected chi connectivity index (χ4v) is 3.46. The van der Waals surface area contributed by atoms with Gasteiger partial charge in [-0.2, -0.15) is 0 Å². The molecule has 0 aliphatic carbocycles.